The number of hydrogen-bond donors (Lipinski definition) is 2. The monoisotopic (exact) mass is 588 g/mol. The zero-order valence-corrected chi connectivity index (χ0v) is 22.2. The van der Waals surface area contributed by atoms with Gasteiger partial charge in [0.25, 0.3) is 5.56 Å². The summed E-state index contributed by atoms with van der Waals surface area (Å²) >= 11 is 20.8. The van der Waals surface area contributed by atoms with Crippen LogP contribution in [-0.2, 0) is 6.61 Å². The minimum atomic E-state index is -0.756. The standard InChI is InChI=1S/C26H16Cl3FN4O3S/c27-14-7-5-13(6-8-14)22(25-33-24(20(12-35)38-25)16-3-1-2-4-19(16)30)23-17(28)9-15(10-18(23)29)34-26(37)32-21(36)11-31-34/h1-11,22,35H,12H2,(H,32,36,37). The van der Waals surface area contributed by atoms with Gasteiger partial charge in [-0.1, -0.05) is 59.1 Å². The van der Waals surface area contributed by atoms with E-state index >= 15 is 0 Å². The summed E-state index contributed by atoms with van der Waals surface area (Å²) in [7, 11) is 0. The van der Waals surface area contributed by atoms with E-state index in [1.807, 2.05) is 0 Å². The number of halogens is 4. The summed E-state index contributed by atoms with van der Waals surface area (Å²) in [6.45, 7) is -0.351. The van der Waals surface area contributed by atoms with Crippen molar-refractivity contribution in [1.82, 2.24) is 19.7 Å². The van der Waals surface area contributed by atoms with E-state index < -0.39 is 23.0 Å². The van der Waals surface area contributed by atoms with Gasteiger partial charge in [-0.3, -0.25) is 9.78 Å². The van der Waals surface area contributed by atoms with E-state index in [1.54, 1.807) is 42.5 Å². The zero-order valence-electron chi connectivity index (χ0n) is 19.2. The number of aliphatic hydroxyl groups is 1. The van der Waals surface area contributed by atoms with Gasteiger partial charge in [-0.25, -0.2) is 14.2 Å². The van der Waals surface area contributed by atoms with Crippen molar-refractivity contribution in [2.45, 2.75) is 12.5 Å². The molecule has 0 aliphatic heterocycles. The minimum absolute atomic E-state index is 0.195. The van der Waals surface area contributed by atoms with Gasteiger partial charge in [0.05, 0.1) is 28.8 Å². The lowest BCUT2D eigenvalue weighted by atomic mass is 9.91. The van der Waals surface area contributed by atoms with Crippen molar-refractivity contribution >= 4 is 46.1 Å². The second-order valence-electron chi connectivity index (χ2n) is 8.12. The second-order valence-corrected chi connectivity index (χ2v) is 10.5. The maximum Gasteiger partial charge on any atom is 0.349 e. The molecule has 0 saturated heterocycles. The molecule has 192 valence electrons. The highest BCUT2D eigenvalue weighted by atomic mass is 35.5. The number of rotatable bonds is 6. The van der Waals surface area contributed by atoms with Gasteiger partial charge >= 0.3 is 5.69 Å². The van der Waals surface area contributed by atoms with E-state index in [-0.39, 0.29) is 27.9 Å². The molecule has 12 heteroatoms. The maximum atomic E-state index is 14.7. The van der Waals surface area contributed by atoms with Crippen LogP contribution in [0.4, 0.5) is 4.39 Å². The largest absolute Gasteiger partial charge is 0.391 e. The lowest BCUT2D eigenvalue weighted by Gasteiger charge is -2.20. The van der Waals surface area contributed by atoms with Crippen LogP contribution in [0.2, 0.25) is 15.1 Å². The fourth-order valence-corrected chi connectivity index (χ4v) is 5.96. The lowest BCUT2D eigenvalue weighted by Crippen LogP contribution is -2.30. The highest BCUT2D eigenvalue weighted by Crippen LogP contribution is 2.44. The number of thiazole rings is 1. The summed E-state index contributed by atoms with van der Waals surface area (Å²) < 4.78 is 15.6. The molecule has 2 N–H and O–H groups in total. The molecule has 0 amide bonds. The van der Waals surface area contributed by atoms with Crippen molar-refractivity contribution in [2.75, 3.05) is 0 Å². The molecule has 38 heavy (non-hydrogen) atoms. The summed E-state index contributed by atoms with van der Waals surface area (Å²) in [5.41, 5.74) is 0.619. The molecule has 0 aliphatic rings. The Kier molecular flexibility index (Phi) is 7.47. The molecule has 5 aromatic rings. The van der Waals surface area contributed by atoms with Gasteiger partial charge in [0, 0.05) is 26.2 Å². The summed E-state index contributed by atoms with van der Waals surface area (Å²) in [6, 6.07) is 16.2. The van der Waals surface area contributed by atoms with Crippen molar-refractivity contribution in [3.05, 3.63) is 130 Å². The molecular formula is C26H16Cl3FN4O3S. The van der Waals surface area contributed by atoms with Gasteiger partial charge in [-0.15, -0.1) is 11.3 Å². The number of benzene rings is 3. The molecule has 0 saturated carbocycles. The number of nitrogens with one attached hydrogen (secondary N) is 1. The van der Waals surface area contributed by atoms with Crippen LogP contribution in [0.3, 0.4) is 0 Å². The van der Waals surface area contributed by atoms with Crippen LogP contribution in [0.5, 0.6) is 0 Å². The number of aromatic nitrogens is 4. The lowest BCUT2D eigenvalue weighted by molar-refractivity contribution is 0.286. The Bertz CT molecular complexity index is 1750. The quantitative estimate of drug-likeness (QED) is 0.260. The Morgan fingerprint density at radius 2 is 1.71 bits per heavy atom. The normalized spacial score (nSPS) is 12.0. The Morgan fingerprint density at radius 3 is 2.34 bits per heavy atom. The molecular weight excluding hydrogens is 574 g/mol. The summed E-state index contributed by atoms with van der Waals surface area (Å²) in [4.78, 5) is 31.0. The molecule has 2 aromatic heterocycles. The van der Waals surface area contributed by atoms with Crippen molar-refractivity contribution in [2.24, 2.45) is 0 Å². The molecule has 0 radical (unpaired) electrons. The molecule has 2 heterocycles. The van der Waals surface area contributed by atoms with Crippen LogP contribution in [0.25, 0.3) is 16.9 Å². The van der Waals surface area contributed by atoms with E-state index in [9.17, 15) is 19.1 Å². The van der Waals surface area contributed by atoms with Crippen molar-refractivity contribution in [3.8, 4) is 16.9 Å². The van der Waals surface area contributed by atoms with Crippen molar-refractivity contribution in [1.29, 1.82) is 0 Å². The first kappa shape index (κ1) is 26.3. The first-order chi connectivity index (χ1) is 18.3. The van der Waals surface area contributed by atoms with E-state index in [0.29, 0.717) is 26.2 Å². The Labute approximate surface area is 233 Å². The van der Waals surface area contributed by atoms with Crippen molar-refractivity contribution in [3.63, 3.8) is 0 Å². The van der Waals surface area contributed by atoms with Crippen LogP contribution in [-0.4, -0.2) is 24.9 Å². The Balaban J connectivity index is 1.71. The Morgan fingerprint density at radius 1 is 1.03 bits per heavy atom. The highest BCUT2D eigenvalue weighted by molar-refractivity contribution is 7.12. The molecule has 0 spiro atoms. The van der Waals surface area contributed by atoms with Gasteiger partial charge < -0.3 is 5.11 Å². The fourth-order valence-electron chi connectivity index (χ4n) is 4.06. The van der Waals surface area contributed by atoms with Gasteiger partial charge in [-0.2, -0.15) is 9.78 Å². The van der Waals surface area contributed by atoms with E-state index in [2.05, 4.69) is 10.1 Å². The van der Waals surface area contributed by atoms with Crippen LogP contribution >= 0.6 is 46.1 Å². The van der Waals surface area contributed by atoms with Gasteiger partial charge in [-0.05, 0) is 42.0 Å². The summed E-state index contributed by atoms with van der Waals surface area (Å²) in [5.74, 6) is -1.10. The predicted molar refractivity (Wildman–Crippen MR) is 146 cm³/mol. The van der Waals surface area contributed by atoms with Crippen LogP contribution in [0.15, 0.2) is 76.4 Å². The number of nitrogens with zero attached hydrogens (tertiary/aromatic N) is 3. The zero-order chi connectivity index (χ0) is 27.0. The van der Waals surface area contributed by atoms with E-state index in [1.165, 1.54) is 29.5 Å². The average Bonchev–Trinajstić information content (AvgIpc) is 3.31. The highest BCUT2D eigenvalue weighted by Gasteiger charge is 2.28. The molecule has 0 fully saturated rings. The third-order valence-corrected chi connectivity index (χ3v) is 7.73. The maximum absolute atomic E-state index is 14.7. The third-order valence-electron chi connectivity index (χ3n) is 5.75. The molecule has 7 nitrogen and oxygen atoms in total. The summed E-state index contributed by atoms with van der Waals surface area (Å²) in [6.07, 6.45) is 0.962. The predicted octanol–water partition coefficient (Wildman–Crippen LogP) is 5.82. The molecule has 1 unspecified atom stereocenters. The topological polar surface area (TPSA) is 101 Å². The molecule has 0 bridgehead atoms. The number of H-pyrrole nitrogens is 1. The first-order valence-electron chi connectivity index (χ1n) is 11.1. The number of hydrogen-bond acceptors (Lipinski definition) is 6. The molecule has 1 atom stereocenters. The Hall–Kier alpha value is -3.34. The SMILES string of the molecule is O=c1cnn(-c2cc(Cl)c(C(c3ccc(Cl)cc3)c3nc(-c4ccccc4F)c(CO)s3)c(Cl)c2)c(=O)[nH]1. The molecule has 5 rings (SSSR count). The van der Waals surface area contributed by atoms with Gasteiger partial charge in [0.2, 0.25) is 0 Å². The third kappa shape index (κ3) is 5.03. The minimum Gasteiger partial charge on any atom is -0.391 e. The molecule has 3 aromatic carbocycles. The van der Waals surface area contributed by atoms with Gasteiger partial charge in [0.15, 0.2) is 0 Å². The number of aliphatic hydroxyl groups excluding tert-OH is 1. The number of aromatic amines is 1. The second kappa shape index (κ2) is 10.8. The summed E-state index contributed by atoms with van der Waals surface area (Å²) in [5, 5.41) is 15.3. The van der Waals surface area contributed by atoms with Gasteiger partial charge in [0.1, 0.15) is 17.0 Å². The first-order valence-corrected chi connectivity index (χ1v) is 13.0. The average molecular weight is 590 g/mol. The fraction of sp³-hybridized carbons (Fsp3) is 0.0769. The molecule has 0 aliphatic carbocycles. The van der Waals surface area contributed by atoms with E-state index in [0.717, 1.165) is 16.4 Å². The van der Waals surface area contributed by atoms with Crippen LogP contribution in [0, 0.1) is 5.82 Å². The van der Waals surface area contributed by atoms with E-state index in [4.69, 9.17) is 39.8 Å². The van der Waals surface area contributed by atoms with Crippen molar-refractivity contribution < 1.29 is 9.50 Å². The van der Waals surface area contributed by atoms with Crippen LogP contribution in [0.1, 0.15) is 26.9 Å². The smallest absolute Gasteiger partial charge is 0.349 e. The van der Waals surface area contributed by atoms with Crippen LogP contribution < -0.4 is 11.2 Å².